The lowest BCUT2D eigenvalue weighted by atomic mass is 10.4. The van der Waals surface area contributed by atoms with Crippen LogP contribution < -0.4 is 10.6 Å². The molecular formula is C8H13ClN4O. The monoisotopic (exact) mass is 216 g/mol. The van der Waals surface area contributed by atoms with Crippen LogP contribution in [0.2, 0.25) is 5.15 Å². The van der Waals surface area contributed by atoms with Crippen molar-refractivity contribution in [1.29, 1.82) is 0 Å². The van der Waals surface area contributed by atoms with Crippen LogP contribution in [-0.2, 0) is 0 Å². The van der Waals surface area contributed by atoms with Gasteiger partial charge in [-0.25, -0.2) is 4.98 Å². The van der Waals surface area contributed by atoms with Gasteiger partial charge < -0.3 is 15.7 Å². The molecule has 0 amide bonds. The van der Waals surface area contributed by atoms with Crippen LogP contribution in [0.15, 0.2) is 6.07 Å². The maximum absolute atomic E-state index is 8.82. The van der Waals surface area contributed by atoms with Crippen LogP contribution in [0.5, 0.6) is 0 Å². The molecule has 0 atom stereocenters. The molecule has 1 aromatic heterocycles. The van der Waals surface area contributed by atoms with Crippen molar-refractivity contribution in [2.24, 2.45) is 0 Å². The molecule has 0 bridgehead atoms. The second kappa shape index (κ2) is 4.97. The zero-order valence-electron chi connectivity index (χ0n) is 7.94. The predicted octanol–water partition coefficient (Wildman–Crippen LogP) is 0.531. The van der Waals surface area contributed by atoms with Gasteiger partial charge in [-0.1, -0.05) is 11.6 Å². The average molecular weight is 217 g/mol. The first-order valence-corrected chi connectivity index (χ1v) is 4.71. The van der Waals surface area contributed by atoms with Crippen molar-refractivity contribution in [1.82, 2.24) is 9.97 Å². The predicted molar refractivity (Wildman–Crippen MR) is 56.4 cm³/mol. The van der Waals surface area contributed by atoms with E-state index in [2.05, 4.69) is 9.97 Å². The molecule has 78 valence electrons. The molecule has 1 heterocycles. The maximum Gasteiger partial charge on any atom is 0.223 e. The first-order valence-electron chi connectivity index (χ1n) is 4.33. The summed E-state index contributed by atoms with van der Waals surface area (Å²) in [5, 5.41) is 9.13. The third-order valence-electron chi connectivity index (χ3n) is 1.77. The lowest BCUT2D eigenvalue weighted by molar-refractivity contribution is 0.302. The van der Waals surface area contributed by atoms with E-state index in [9.17, 15) is 0 Å². The Bertz CT molecular complexity index is 287. The molecule has 0 saturated carbocycles. The molecular weight excluding hydrogens is 204 g/mol. The highest BCUT2D eigenvalue weighted by atomic mass is 35.5. The molecule has 0 unspecified atom stereocenters. The number of aliphatic hydroxyl groups excluding tert-OH is 1. The molecule has 0 aliphatic carbocycles. The number of aromatic nitrogens is 2. The fourth-order valence-electron chi connectivity index (χ4n) is 1.14. The molecule has 1 aromatic rings. The summed E-state index contributed by atoms with van der Waals surface area (Å²) in [5.74, 6) is 0.780. The third kappa shape index (κ3) is 2.71. The van der Waals surface area contributed by atoms with E-state index < -0.39 is 0 Å². The van der Waals surface area contributed by atoms with E-state index in [-0.39, 0.29) is 12.6 Å². The highest BCUT2D eigenvalue weighted by Gasteiger charge is 2.07. The summed E-state index contributed by atoms with van der Waals surface area (Å²) in [6.07, 6.45) is 0. The first kappa shape index (κ1) is 11.0. The number of nitrogen functional groups attached to an aromatic ring is 1. The molecule has 6 heteroatoms. The minimum Gasteiger partial charge on any atom is -0.395 e. The summed E-state index contributed by atoms with van der Waals surface area (Å²) in [4.78, 5) is 9.64. The van der Waals surface area contributed by atoms with Crippen LogP contribution in [0.3, 0.4) is 0 Å². The zero-order valence-corrected chi connectivity index (χ0v) is 8.70. The van der Waals surface area contributed by atoms with Gasteiger partial charge in [-0.15, -0.1) is 0 Å². The van der Waals surface area contributed by atoms with Crippen LogP contribution in [0.4, 0.5) is 11.8 Å². The molecule has 0 radical (unpaired) electrons. The Morgan fingerprint density at radius 3 is 2.79 bits per heavy atom. The topological polar surface area (TPSA) is 75.3 Å². The van der Waals surface area contributed by atoms with Crippen LogP contribution in [-0.4, -0.2) is 34.8 Å². The van der Waals surface area contributed by atoms with Gasteiger partial charge in [0, 0.05) is 19.2 Å². The van der Waals surface area contributed by atoms with Crippen molar-refractivity contribution >= 4 is 23.4 Å². The van der Waals surface area contributed by atoms with E-state index in [1.165, 1.54) is 0 Å². The smallest absolute Gasteiger partial charge is 0.223 e. The van der Waals surface area contributed by atoms with Crippen LogP contribution in [0.1, 0.15) is 6.92 Å². The number of halogens is 1. The van der Waals surface area contributed by atoms with Gasteiger partial charge in [0.25, 0.3) is 0 Å². The lowest BCUT2D eigenvalue weighted by Gasteiger charge is -2.20. The fraction of sp³-hybridized carbons (Fsp3) is 0.500. The van der Waals surface area contributed by atoms with Gasteiger partial charge in [-0.2, -0.15) is 4.98 Å². The Kier molecular flexibility index (Phi) is 3.91. The number of hydrogen-bond acceptors (Lipinski definition) is 5. The molecule has 14 heavy (non-hydrogen) atoms. The second-order valence-corrected chi connectivity index (χ2v) is 3.10. The zero-order chi connectivity index (χ0) is 10.6. The highest BCUT2D eigenvalue weighted by molar-refractivity contribution is 6.29. The van der Waals surface area contributed by atoms with E-state index in [4.69, 9.17) is 22.4 Å². The Hall–Kier alpha value is -1.07. The number of rotatable bonds is 4. The summed E-state index contributed by atoms with van der Waals surface area (Å²) in [6, 6.07) is 1.62. The standard InChI is InChI=1S/C8H13ClN4O/c1-2-13(3-4-14)7-5-6(9)11-8(10)12-7/h5,14H,2-4H2,1H3,(H2,10,11,12). The number of likely N-dealkylation sites (N-methyl/N-ethyl adjacent to an activating group) is 1. The minimum absolute atomic E-state index is 0.0648. The molecule has 5 nitrogen and oxygen atoms in total. The van der Waals surface area contributed by atoms with Gasteiger partial charge in [0.2, 0.25) is 5.95 Å². The van der Waals surface area contributed by atoms with E-state index >= 15 is 0 Å². The quantitative estimate of drug-likeness (QED) is 0.719. The van der Waals surface area contributed by atoms with Crippen molar-refractivity contribution in [3.05, 3.63) is 11.2 Å². The van der Waals surface area contributed by atoms with E-state index in [1.54, 1.807) is 6.07 Å². The molecule has 0 saturated heterocycles. The molecule has 0 aliphatic rings. The fourth-order valence-corrected chi connectivity index (χ4v) is 1.32. The van der Waals surface area contributed by atoms with Crippen LogP contribution >= 0.6 is 11.6 Å². The number of hydrogen-bond donors (Lipinski definition) is 2. The summed E-state index contributed by atoms with van der Waals surface area (Å²) >= 11 is 5.73. The van der Waals surface area contributed by atoms with Crippen LogP contribution in [0.25, 0.3) is 0 Å². The van der Waals surface area contributed by atoms with E-state index in [1.807, 2.05) is 11.8 Å². The van der Waals surface area contributed by atoms with E-state index in [0.29, 0.717) is 17.5 Å². The van der Waals surface area contributed by atoms with Gasteiger partial charge in [0.05, 0.1) is 6.61 Å². The van der Waals surface area contributed by atoms with Crippen molar-refractivity contribution in [3.8, 4) is 0 Å². The summed E-state index contributed by atoms with van der Waals surface area (Å²) in [6.45, 7) is 3.26. The Balaban J connectivity index is 2.91. The second-order valence-electron chi connectivity index (χ2n) is 2.71. The van der Waals surface area contributed by atoms with Gasteiger partial charge in [-0.3, -0.25) is 0 Å². The normalized spacial score (nSPS) is 10.2. The molecule has 1 rings (SSSR count). The van der Waals surface area contributed by atoms with Crippen molar-refractivity contribution in [2.75, 3.05) is 30.3 Å². The molecule has 0 spiro atoms. The molecule has 0 fully saturated rings. The van der Waals surface area contributed by atoms with Crippen LogP contribution in [0, 0.1) is 0 Å². The number of aliphatic hydroxyl groups is 1. The average Bonchev–Trinajstić information content (AvgIpc) is 2.12. The van der Waals surface area contributed by atoms with Gasteiger partial charge in [-0.05, 0) is 6.92 Å². The van der Waals surface area contributed by atoms with Crippen molar-refractivity contribution in [2.45, 2.75) is 6.92 Å². The maximum atomic E-state index is 8.82. The number of nitrogens with zero attached hydrogens (tertiary/aromatic N) is 3. The SMILES string of the molecule is CCN(CCO)c1cc(Cl)nc(N)n1. The van der Waals surface area contributed by atoms with E-state index in [0.717, 1.165) is 6.54 Å². The highest BCUT2D eigenvalue weighted by Crippen LogP contribution is 2.16. The van der Waals surface area contributed by atoms with Gasteiger partial charge in [0.1, 0.15) is 11.0 Å². The minimum atomic E-state index is 0.0648. The summed E-state index contributed by atoms with van der Waals surface area (Å²) < 4.78 is 0. The molecule has 3 N–H and O–H groups in total. The lowest BCUT2D eigenvalue weighted by Crippen LogP contribution is -2.27. The molecule has 0 aromatic carbocycles. The summed E-state index contributed by atoms with van der Waals surface area (Å²) in [7, 11) is 0. The Morgan fingerprint density at radius 2 is 2.29 bits per heavy atom. The molecule has 0 aliphatic heterocycles. The Morgan fingerprint density at radius 1 is 1.57 bits per heavy atom. The number of anilines is 2. The Labute approximate surface area is 87.5 Å². The number of nitrogens with two attached hydrogens (primary N) is 1. The van der Waals surface area contributed by atoms with Crippen molar-refractivity contribution in [3.63, 3.8) is 0 Å². The largest absolute Gasteiger partial charge is 0.395 e. The first-order chi connectivity index (χ1) is 6.67. The van der Waals surface area contributed by atoms with Gasteiger partial charge in [0.15, 0.2) is 0 Å². The van der Waals surface area contributed by atoms with Gasteiger partial charge >= 0.3 is 0 Å². The third-order valence-corrected chi connectivity index (χ3v) is 1.97. The van der Waals surface area contributed by atoms with Crippen molar-refractivity contribution < 1.29 is 5.11 Å². The summed E-state index contributed by atoms with van der Waals surface area (Å²) in [5.41, 5.74) is 5.45.